The number of hydrogen-bond acceptors (Lipinski definition) is 2. The lowest BCUT2D eigenvalue weighted by Gasteiger charge is -2.27. The van der Waals surface area contributed by atoms with Crippen molar-refractivity contribution < 1.29 is 22.7 Å². The predicted molar refractivity (Wildman–Crippen MR) is 62.1 cm³/mol. The Kier molecular flexibility index (Phi) is 3.91. The van der Waals surface area contributed by atoms with Gasteiger partial charge in [-0.15, -0.1) is 0 Å². The molecule has 2 rings (SSSR count). The highest BCUT2D eigenvalue weighted by Crippen LogP contribution is 2.29. The largest absolute Gasteiger partial charge is 0.370 e. The van der Waals surface area contributed by atoms with E-state index in [0.29, 0.717) is 6.07 Å². The van der Waals surface area contributed by atoms with Crippen LogP contribution in [0.3, 0.4) is 0 Å². The summed E-state index contributed by atoms with van der Waals surface area (Å²) in [4.78, 5) is 12.6. The molecular formula is C11H9BrF3NO2. The normalized spacial score (nSPS) is 16.2. The molecule has 1 saturated heterocycles. The van der Waals surface area contributed by atoms with Crippen LogP contribution in [0.4, 0.5) is 18.9 Å². The van der Waals surface area contributed by atoms with Crippen molar-refractivity contribution in [1.82, 2.24) is 0 Å². The van der Waals surface area contributed by atoms with E-state index in [2.05, 4.69) is 15.9 Å². The average molecular weight is 324 g/mol. The minimum atomic E-state index is -1.24. The molecule has 0 aromatic heterocycles. The molecule has 0 aliphatic carbocycles. The minimum Gasteiger partial charge on any atom is -0.370 e. The van der Waals surface area contributed by atoms with Gasteiger partial charge >= 0.3 is 0 Å². The van der Waals surface area contributed by atoms with Crippen LogP contribution in [0.15, 0.2) is 6.07 Å². The number of anilines is 1. The summed E-state index contributed by atoms with van der Waals surface area (Å²) in [7, 11) is 0. The number of carbonyl (C=O) groups excluding carboxylic acids is 1. The van der Waals surface area contributed by atoms with Crippen LogP contribution in [-0.2, 0) is 14.9 Å². The Morgan fingerprint density at radius 1 is 1.33 bits per heavy atom. The first-order valence-electron chi connectivity index (χ1n) is 5.16. The van der Waals surface area contributed by atoms with Crippen LogP contribution < -0.4 is 4.90 Å². The molecule has 98 valence electrons. The SMILES string of the molecule is O=C1COCCN1c1cc(F)c(F)c(CBr)c1F. The molecule has 1 aliphatic heterocycles. The summed E-state index contributed by atoms with van der Waals surface area (Å²) < 4.78 is 45.6. The van der Waals surface area contributed by atoms with Gasteiger partial charge in [-0.3, -0.25) is 4.79 Å². The smallest absolute Gasteiger partial charge is 0.253 e. The van der Waals surface area contributed by atoms with E-state index >= 15 is 0 Å². The Morgan fingerprint density at radius 2 is 2.06 bits per heavy atom. The lowest BCUT2D eigenvalue weighted by molar-refractivity contribution is -0.125. The molecule has 1 aromatic rings. The highest BCUT2D eigenvalue weighted by Gasteiger charge is 2.27. The zero-order valence-corrected chi connectivity index (χ0v) is 10.8. The molecule has 1 heterocycles. The summed E-state index contributed by atoms with van der Waals surface area (Å²) >= 11 is 2.89. The van der Waals surface area contributed by atoms with Crippen molar-refractivity contribution in [1.29, 1.82) is 0 Å². The molecule has 1 amide bonds. The maximum Gasteiger partial charge on any atom is 0.253 e. The summed E-state index contributed by atoms with van der Waals surface area (Å²) in [6, 6.07) is 0.694. The van der Waals surface area contributed by atoms with Gasteiger partial charge in [0.1, 0.15) is 6.61 Å². The van der Waals surface area contributed by atoms with Gasteiger partial charge in [-0.25, -0.2) is 13.2 Å². The van der Waals surface area contributed by atoms with Crippen molar-refractivity contribution in [2.75, 3.05) is 24.7 Å². The Bertz CT molecular complexity index is 496. The maximum atomic E-state index is 14.0. The van der Waals surface area contributed by atoms with E-state index in [0.717, 1.165) is 4.90 Å². The van der Waals surface area contributed by atoms with E-state index in [1.165, 1.54) is 0 Å². The Balaban J connectivity index is 2.50. The highest BCUT2D eigenvalue weighted by molar-refractivity contribution is 9.08. The Hall–Kier alpha value is -1.08. The van der Waals surface area contributed by atoms with Gasteiger partial charge in [0.15, 0.2) is 17.5 Å². The van der Waals surface area contributed by atoms with Crippen LogP contribution in [0.25, 0.3) is 0 Å². The molecule has 7 heteroatoms. The quantitative estimate of drug-likeness (QED) is 0.617. The maximum absolute atomic E-state index is 14.0. The molecule has 0 atom stereocenters. The van der Waals surface area contributed by atoms with Crippen LogP contribution in [0.1, 0.15) is 5.56 Å². The fourth-order valence-electron chi connectivity index (χ4n) is 1.73. The fourth-order valence-corrected chi connectivity index (χ4v) is 2.22. The second kappa shape index (κ2) is 5.27. The molecule has 1 aliphatic rings. The predicted octanol–water partition coefficient (Wildman–Crippen LogP) is 2.36. The summed E-state index contributed by atoms with van der Waals surface area (Å²) in [6.45, 7) is 0.151. The van der Waals surface area contributed by atoms with Crippen LogP contribution in [0, 0.1) is 17.5 Å². The third kappa shape index (κ3) is 2.24. The van der Waals surface area contributed by atoms with Crippen LogP contribution in [0.2, 0.25) is 0 Å². The molecule has 0 saturated carbocycles. The third-order valence-corrected chi connectivity index (χ3v) is 3.20. The first-order chi connectivity index (χ1) is 8.56. The van der Waals surface area contributed by atoms with E-state index in [1.807, 2.05) is 0 Å². The lowest BCUT2D eigenvalue weighted by atomic mass is 10.1. The van der Waals surface area contributed by atoms with Crippen LogP contribution in [0.5, 0.6) is 0 Å². The van der Waals surface area contributed by atoms with Crippen LogP contribution in [-0.4, -0.2) is 25.7 Å². The summed E-state index contributed by atoms with van der Waals surface area (Å²) in [5, 5.41) is -0.173. The first kappa shape index (κ1) is 13.4. The van der Waals surface area contributed by atoms with E-state index in [4.69, 9.17) is 4.74 Å². The third-order valence-electron chi connectivity index (χ3n) is 2.64. The molecule has 18 heavy (non-hydrogen) atoms. The lowest BCUT2D eigenvalue weighted by Crippen LogP contribution is -2.42. The summed E-state index contributed by atoms with van der Waals surface area (Å²) in [5.74, 6) is -3.83. The topological polar surface area (TPSA) is 29.5 Å². The molecule has 1 aromatic carbocycles. The van der Waals surface area contributed by atoms with Gasteiger partial charge in [-0.2, -0.15) is 0 Å². The van der Waals surface area contributed by atoms with Gasteiger partial charge < -0.3 is 9.64 Å². The number of nitrogens with zero attached hydrogens (tertiary/aromatic N) is 1. The molecule has 0 unspecified atom stereocenters. The van der Waals surface area contributed by atoms with Gasteiger partial charge in [0.05, 0.1) is 12.3 Å². The number of hydrogen-bond donors (Lipinski definition) is 0. The first-order valence-corrected chi connectivity index (χ1v) is 6.29. The molecule has 0 bridgehead atoms. The minimum absolute atomic E-state index is 0.114. The number of rotatable bonds is 2. The zero-order valence-electron chi connectivity index (χ0n) is 9.18. The van der Waals surface area contributed by atoms with E-state index < -0.39 is 28.9 Å². The number of morpholine rings is 1. The fraction of sp³-hybridized carbons (Fsp3) is 0.364. The summed E-state index contributed by atoms with van der Waals surface area (Å²) in [6.07, 6.45) is 0. The van der Waals surface area contributed by atoms with Crippen molar-refractivity contribution in [3.63, 3.8) is 0 Å². The molecule has 0 spiro atoms. The van der Waals surface area contributed by atoms with Gasteiger partial charge in [0.2, 0.25) is 0 Å². The zero-order chi connectivity index (χ0) is 13.3. The monoisotopic (exact) mass is 323 g/mol. The number of amides is 1. The number of benzene rings is 1. The molecule has 0 N–H and O–H groups in total. The average Bonchev–Trinajstić information content (AvgIpc) is 2.36. The Morgan fingerprint density at radius 3 is 2.67 bits per heavy atom. The van der Waals surface area contributed by atoms with E-state index in [9.17, 15) is 18.0 Å². The molecule has 1 fully saturated rings. The molecule has 0 radical (unpaired) electrons. The van der Waals surface area contributed by atoms with Crippen molar-refractivity contribution in [3.05, 3.63) is 29.1 Å². The molecule has 3 nitrogen and oxygen atoms in total. The number of carbonyl (C=O) groups is 1. The van der Waals surface area contributed by atoms with E-state index in [-0.39, 0.29) is 30.8 Å². The Labute approximate surface area is 110 Å². The van der Waals surface area contributed by atoms with Gasteiger partial charge in [-0.05, 0) is 0 Å². The number of alkyl halides is 1. The van der Waals surface area contributed by atoms with Crippen molar-refractivity contribution in [2.45, 2.75) is 5.33 Å². The van der Waals surface area contributed by atoms with Gasteiger partial charge in [0, 0.05) is 23.5 Å². The van der Waals surface area contributed by atoms with Gasteiger partial charge in [0.25, 0.3) is 5.91 Å². The number of ether oxygens (including phenoxy) is 1. The summed E-state index contributed by atoms with van der Waals surface area (Å²) in [5.41, 5.74) is -0.680. The van der Waals surface area contributed by atoms with Crippen molar-refractivity contribution in [3.8, 4) is 0 Å². The van der Waals surface area contributed by atoms with E-state index in [1.54, 1.807) is 0 Å². The second-order valence-corrected chi connectivity index (χ2v) is 4.28. The standard InChI is InChI=1S/C11H9BrF3NO2/c12-4-6-10(14)7(13)3-8(11(6)15)16-1-2-18-5-9(16)17/h3H,1-2,4-5H2. The van der Waals surface area contributed by atoms with Gasteiger partial charge in [-0.1, -0.05) is 15.9 Å². The van der Waals surface area contributed by atoms with Crippen molar-refractivity contribution >= 4 is 27.5 Å². The highest BCUT2D eigenvalue weighted by atomic mass is 79.9. The van der Waals surface area contributed by atoms with Crippen molar-refractivity contribution in [2.24, 2.45) is 0 Å². The second-order valence-electron chi connectivity index (χ2n) is 3.72. The number of halogens is 4. The molecular weight excluding hydrogens is 315 g/mol. The van der Waals surface area contributed by atoms with Crippen LogP contribution >= 0.6 is 15.9 Å².